The largest absolute Gasteiger partial charge is 0.466 e. The van der Waals surface area contributed by atoms with Crippen LogP contribution in [-0.4, -0.2) is 6.54 Å². The third-order valence-electron chi connectivity index (χ3n) is 3.27. The number of furan rings is 1. The first-order valence-corrected chi connectivity index (χ1v) is 6.17. The number of aryl methyl sites for hydroxylation is 2. The summed E-state index contributed by atoms with van der Waals surface area (Å²) >= 11 is 0. The molecule has 0 saturated carbocycles. The summed E-state index contributed by atoms with van der Waals surface area (Å²) in [6, 6.07) is 2.13. The van der Waals surface area contributed by atoms with Crippen molar-refractivity contribution in [2.24, 2.45) is 5.92 Å². The molecule has 2 heteroatoms. The number of hydrogen-bond acceptors (Lipinski definition) is 2. The Hall–Kier alpha value is -1.02. The molecular weight excluding hydrogens is 198 g/mol. The van der Waals surface area contributed by atoms with Crippen molar-refractivity contribution in [3.05, 3.63) is 35.3 Å². The summed E-state index contributed by atoms with van der Waals surface area (Å²) < 4.78 is 5.51. The summed E-state index contributed by atoms with van der Waals surface area (Å²) in [4.78, 5) is 0. The monoisotopic (exact) mass is 219 g/mol. The number of hydrogen-bond donors (Lipinski definition) is 1. The summed E-state index contributed by atoms with van der Waals surface area (Å²) in [6.45, 7) is 6.09. The molecule has 0 aliphatic heterocycles. The Bertz CT molecular complexity index is 365. The van der Waals surface area contributed by atoms with Gasteiger partial charge in [-0.1, -0.05) is 12.2 Å². The Balaban J connectivity index is 1.75. The van der Waals surface area contributed by atoms with Gasteiger partial charge in [0, 0.05) is 12.1 Å². The Morgan fingerprint density at radius 1 is 1.38 bits per heavy atom. The molecule has 1 aliphatic rings. The number of allylic oxidation sites excluding steroid dienone is 2. The second-order valence-corrected chi connectivity index (χ2v) is 4.72. The lowest BCUT2D eigenvalue weighted by molar-refractivity contribution is 0.438. The Kier molecular flexibility index (Phi) is 3.83. The molecule has 2 nitrogen and oxygen atoms in total. The highest BCUT2D eigenvalue weighted by Gasteiger charge is 2.10. The molecule has 1 heterocycles. The molecule has 0 bridgehead atoms. The quantitative estimate of drug-likeness (QED) is 0.786. The van der Waals surface area contributed by atoms with Crippen molar-refractivity contribution in [3.8, 4) is 0 Å². The van der Waals surface area contributed by atoms with Crippen molar-refractivity contribution >= 4 is 0 Å². The first kappa shape index (κ1) is 11.5. The average Bonchev–Trinajstić information content (AvgIpc) is 2.59. The molecule has 1 aliphatic carbocycles. The molecule has 1 unspecified atom stereocenters. The molecule has 0 aromatic carbocycles. The maximum atomic E-state index is 5.51. The molecule has 0 amide bonds. The zero-order chi connectivity index (χ0) is 11.4. The van der Waals surface area contributed by atoms with Crippen molar-refractivity contribution in [3.63, 3.8) is 0 Å². The van der Waals surface area contributed by atoms with E-state index in [1.165, 1.54) is 24.8 Å². The van der Waals surface area contributed by atoms with E-state index in [1.54, 1.807) is 0 Å². The molecule has 1 aromatic heterocycles. The van der Waals surface area contributed by atoms with E-state index in [-0.39, 0.29) is 0 Å². The van der Waals surface area contributed by atoms with Crippen LogP contribution in [0.5, 0.6) is 0 Å². The van der Waals surface area contributed by atoms with E-state index in [0.29, 0.717) is 0 Å². The Labute approximate surface area is 97.7 Å². The van der Waals surface area contributed by atoms with Gasteiger partial charge >= 0.3 is 0 Å². The topological polar surface area (TPSA) is 25.2 Å². The fraction of sp³-hybridized carbons (Fsp3) is 0.571. The van der Waals surface area contributed by atoms with Crippen LogP contribution in [0.2, 0.25) is 0 Å². The lowest BCUT2D eigenvalue weighted by Crippen LogP contribution is -2.23. The highest BCUT2D eigenvalue weighted by atomic mass is 16.3. The van der Waals surface area contributed by atoms with Gasteiger partial charge in [-0.15, -0.1) is 0 Å². The second kappa shape index (κ2) is 5.35. The van der Waals surface area contributed by atoms with Crippen LogP contribution in [0.4, 0.5) is 0 Å². The van der Waals surface area contributed by atoms with Gasteiger partial charge in [0.15, 0.2) is 0 Å². The molecule has 1 atom stereocenters. The summed E-state index contributed by atoms with van der Waals surface area (Å²) in [5.41, 5.74) is 1.30. The Morgan fingerprint density at radius 2 is 2.25 bits per heavy atom. The molecular formula is C14H21NO. The average molecular weight is 219 g/mol. The van der Waals surface area contributed by atoms with Crippen LogP contribution in [0.25, 0.3) is 0 Å². The molecule has 2 rings (SSSR count). The third kappa shape index (κ3) is 2.99. The molecule has 0 radical (unpaired) electrons. The fourth-order valence-electron chi connectivity index (χ4n) is 2.31. The van der Waals surface area contributed by atoms with E-state index in [0.717, 1.165) is 30.5 Å². The van der Waals surface area contributed by atoms with Crippen molar-refractivity contribution in [1.82, 2.24) is 5.32 Å². The first-order valence-electron chi connectivity index (χ1n) is 6.17. The minimum absolute atomic E-state index is 0.818. The molecule has 16 heavy (non-hydrogen) atoms. The summed E-state index contributed by atoms with van der Waals surface area (Å²) in [7, 11) is 0. The van der Waals surface area contributed by atoms with Crippen LogP contribution in [0.3, 0.4) is 0 Å². The number of nitrogens with one attached hydrogen (secondary N) is 1. The molecule has 1 aromatic rings. The van der Waals surface area contributed by atoms with E-state index in [4.69, 9.17) is 4.42 Å². The molecule has 0 spiro atoms. The van der Waals surface area contributed by atoms with Crippen LogP contribution < -0.4 is 5.32 Å². The van der Waals surface area contributed by atoms with E-state index in [9.17, 15) is 0 Å². The first-order chi connectivity index (χ1) is 7.75. The zero-order valence-electron chi connectivity index (χ0n) is 10.3. The van der Waals surface area contributed by atoms with Crippen LogP contribution in [0, 0.1) is 19.8 Å². The standard InChI is InChI=1S/C14H21NO/c1-11-8-14(12(2)16-11)10-15-9-13-6-4-3-5-7-13/h3-4,8,13,15H,5-7,9-10H2,1-2H3. The normalized spacial score (nSPS) is 20.2. The van der Waals surface area contributed by atoms with Crippen LogP contribution in [-0.2, 0) is 6.54 Å². The van der Waals surface area contributed by atoms with Gasteiger partial charge in [-0.25, -0.2) is 0 Å². The summed E-state index contributed by atoms with van der Waals surface area (Å²) in [5.74, 6) is 2.88. The SMILES string of the molecule is Cc1cc(CNCC2CC=CCC2)c(C)o1. The van der Waals surface area contributed by atoms with Crippen molar-refractivity contribution in [2.45, 2.75) is 39.7 Å². The van der Waals surface area contributed by atoms with Gasteiger partial charge in [-0.3, -0.25) is 0 Å². The third-order valence-corrected chi connectivity index (χ3v) is 3.27. The number of rotatable bonds is 4. The summed E-state index contributed by atoms with van der Waals surface area (Å²) in [5, 5.41) is 3.53. The van der Waals surface area contributed by atoms with E-state index in [2.05, 4.69) is 23.5 Å². The highest BCUT2D eigenvalue weighted by molar-refractivity contribution is 5.19. The maximum absolute atomic E-state index is 5.51. The molecule has 0 saturated heterocycles. The van der Waals surface area contributed by atoms with Crippen LogP contribution in [0.1, 0.15) is 36.3 Å². The van der Waals surface area contributed by atoms with E-state index < -0.39 is 0 Å². The van der Waals surface area contributed by atoms with Gasteiger partial charge in [-0.2, -0.15) is 0 Å². The van der Waals surface area contributed by atoms with E-state index >= 15 is 0 Å². The van der Waals surface area contributed by atoms with Crippen molar-refractivity contribution < 1.29 is 4.42 Å². The van der Waals surface area contributed by atoms with Gasteiger partial charge in [0.2, 0.25) is 0 Å². The molecule has 88 valence electrons. The van der Waals surface area contributed by atoms with Crippen LogP contribution in [0.15, 0.2) is 22.6 Å². The van der Waals surface area contributed by atoms with Gasteiger partial charge in [0.25, 0.3) is 0 Å². The smallest absolute Gasteiger partial charge is 0.105 e. The minimum atomic E-state index is 0.818. The maximum Gasteiger partial charge on any atom is 0.105 e. The Morgan fingerprint density at radius 3 is 2.88 bits per heavy atom. The lowest BCUT2D eigenvalue weighted by Gasteiger charge is -2.17. The van der Waals surface area contributed by atoms with Crippen molar-refractivity contribution in [2.75, 3.05) is 6.54 Å². The van der Waals surface area contributed by atoms with Crippen LogP contribution >= 0.6 is 0 Å². The lowest BCUT2D eigenvalue weighted by atomic mass is 9.94. The predicted octanol–water partition coefficient (Wildman–Crippen LogP) is 3.34. The predicted molar refractivity (Wildman–Crippen MR) is 66.4 cm³/mol. The molecule has 0 fully saturated rings. The molecule has 1 N–H and O–H groups in total. The minimum Gasteiger partial charge on any atom is -0.466 e. The second-order valence-electron chi connectivity index (χ2n) is 4.72. The van der Waals surface area contributed by atoms with Crippen molar-refractivity contribution in [1.29, 1.82) is 0 Å². The fourth-order valence-corrected chi connectivity index (χ4v) is 2.31. The van der Waals surface area contributed by atoms with Gasteiger partial charge in [-0.05, 0) is 51.6 Å². The van der Waals surface area contributed by atoms with E-state index in [1.807, 2.05) is 13.8 Å². The van der Waals surface area contributed by atoms with Gasteiger partial charge < -0.3 is 9.73 Å². The zero-order valence-corrected chi connectivity index (χ0v) is 10.3. The van der Waals surface area contributed by atoms with Gasteiger partial charge in [0.05, 0.1) is 0 Å². The highest BCUT2D eigenvalue weighted by Crippen LogP contribution is 2.18. The summed E-state index contributed by atoms with van der Waals surface area (Å²) in [6.07, 6.45) is 8.41. The van der Waals surface area contributed by atoms with Gasteiger partial charge in [0.1, 0.15) is 11.5 Å².